The van der Waals surface area contributed by atoms with Crippen molar-refractivity contribution in [3.63, 3.8) is 0 Å². The number of hydrogen-bond donors (Lipinski definition) is 1. The fourth-order valence-electron chi connectivity index (χ4n) is 3.26. The van der Waals surface area contributed by atoms with Crippen LogP contribution in [0.3, 0.4) is 0 Å². The third kappa shape index (κ3) is 4.60. The number of rotatable bonds is 7. The third-order valence-corrected chi connectivity index (χ3v) is 4.40. The van der Waals surface area contributed by atoms with Crippen LogP contribution in [0.1, 0.15) is 59.3 Å². The Morgan fingerprint density at radius 2 is 2.17 bits per heavy atom. The van der Waals surface area contributed by atoms with Gasteiger partial charge >= 0.3 is 5.97 Å². The third-order valence-electron chi connectivity index (χ3n) is 4.40. The largest absolute Gasteiger partial charge is 0.481 e. The lowest BCUT2D eigenvalue weighted by atomic mass is 9.84. The summed E-state index contributed by atoms with van der Waals surface area (Å²) in [5.41, 5.74) is 0. The van der Waals surface area contributed by atoms with Gasteiger partial charge in [0.25, 0.3) is 0 Å². The second-order valence-corrected chi connectivity index (χ2v) is 5.82. The molecule has 18 heavy (non-hydrogen) atoms. The molecule has 3 nitrogen and oxygen atoms in total. The van der Waals surface area contributed by atoms with Gasteiger partial charge in [-0.05, 0) is 44.1 Å². The van der Waals surface area contributed by atoms with Crippen LogP contribution in [0.5, 0.6) is 0 Å². The minimum absolute atomic E-state index is 0.310. The molecule has 1 rings (SSSR count). The molecule has 0 radical (unpaired) electrons. The fourth-order valence-corrected chi connectivity index (χ4v) is 3.26. The van der Waals surface area contributed by atoms with Crippen LogP contribution in [0.25, 0.3) is 0 Å². The van der Waals surface area contributed by atoms with Gasteiger partial charge in [-0.25, -0.2) is 0 Å². The maximum Gasteiger partial charge on any atom is 0.303 e. The first-order valence-corrected chi connectivity index (χ1v) is 7.54. The maximum atomic E-state index is 10.8. The van der Waals surface area contributed by atoms with Gasteiger partial charge in [0.05, 0.1) is 0 Å². The van der Waals surface area contributed by atoms with E-state index in [0.29, 0.717) is 24.3 Å². The molecule has 1 fully saturated rings. The van der Waals surface area contributed by atoms with Crippen LogP contribution in [-0.2, 0) is 4.79 Å². The molecule has 0 aromatic carbocycles. The first-order valence-electron chi connectivity index (χ1n) is 7.54. The molecule has 106 valence electrons. The Kier molecular flexibility index (Phi) is 6.69. The summed E-state index contributed by atoms with van der Waals surface area (Å²) in [4.78, 5) is 13.4. The molecule has 3 unspecified atom stereocenters. The van der Waals surface area contributed by atoms with E-state index >= 15 is 0 Å². The normalized spacial score (nSPS) is 24.7. The van der Waals surface area contributed by atoms with Gasteiger partial charge in [-0.2, -0.15) is 0 Å². The second kappa shape index (κ2) is 7.78. The van der Waals surface area contributed by atoms with E-state index in [-0.39, 0.29) is 0 Å². The highest BCUT2D eigenvalue weighted by molar-refractivity contribution is 5.67. The van der Waals surface area contributed by atoms with Gasteiger partial charge in [0.2, 0.25) is 0 Å². The van der Waals surface area contributed by atoms with Gasteiger partial charge in [-0.3, -0.25) is 4.79 Å². The number of hydrogen-bond acceptors (Lipinski definition) is 2. The monoisotopic (exact) mass is 255 g/mol. The lowest BCUT2D eigenvalue weighted by molar-refractivity contribution is -0.138. The highest BCUT2D eigenvalue weighted by atomic mass is 16.4. The van der Waals surface area contributed by atoms with Crippen LogP contribution in [0, 0.1) is 11.8 Å². The number of carboxylic acids is 1. The van der Waals surface area contributed by atoms with Crippen molar-refractivity contribution in [2.24, 2.45) is 11.8 Å². The topological polar surface area (TPSA) is 40.5 Å². The van der Waals surface area contributed by atoms with E-state index in [4.69, 9.17) is 5.11 Å². The van der Waals surface area contributed by atoms with Crippen LogP contribution < -0.4 is 0 Å². The van der Waals surface area contributed by atoms with Gasteiger partial charge in [0.1, 0.15) is 0 Å². The number of nitrogens with zero attached hydrogens (tertiary/aromatic N) is 1. The van der Waals surface area contributed by atoms with E-state index in [1.165, 1.54) is 38.6 Å². The van der Waals surface area contributed by atoms with E-state index in [9.17, 15) is 4.79 Å². The van der Waals surface area contributed by atoms with Crippen LogP contribution in [0.15, 0.2) is 0 Å². The summed E-state index contributed by atoms with van der Waals surface area (Å²) in [6.07, 6.45) is 6.49. The maximum absolute atomic E-state index is 10.8. The molecule has 0 amide bonds. The van der Waals surface area contributed by atoms with Crippen molar-refractivity contribution in [1.29, 1.82) is 0 Å². The average Bonchev–Trinajstić information content (AvgIpc) is 2.35. The van der Waals surface area contributed by atoms with Crippen molar-refractivity contribution in [1.82, 2.24) is 4.90 Å². The summed E-state index contributed by atoms with van der Waals surface area (Å²) in [5.74, 6) is 0.227. The SMILES string of the molecule is CCCC(CC)N1CCCC(C(C)CC(=O)O)C1. The van der Waals surface area contributed by atoms with E-state index in [1.807, 2.05) is 0 Å². The molecule has 1 N–H and O–H groups in total. The van der Waals surface area contributed by atoms with Crippen LogP contribution in [0.4, 0.5) is 0 Å². The Balaban J connectivity index is 2.51. The molecule has 3 heteroatoms. The van der Waals surface area contributed by atoms with Gasteiger partial charge in [0.15, 0.2) is 0 Å². The molecule has 1 aliphatic heterocycles. The molecule has 0 saturated carbocycles. The minimum Gasteiger partial charge on any atom is -0.481 e. The average molecular weight is 255 g/mol. The lowest BCUT2D eigenvalue weighted by Gasteiger charge is -2.40. The summed E-state index contributed by atoms with van der Waals surface area (Å²) in [7, 11) is 0. The van der Waals surface area contributed by atoms with Crippen molar-refractivity contribution in [3.05, 3.63) is 0 Å². The zero-order valence-electron chi connectivity index (χ0n) is 12.2. The van der Waals surface area contributed by atoms with E-state index < -0.39 is 5.97 Å². The number of aliphatic carboxylic acids is 1. The highest BCUT2D eigenvalue weighted by Gasteiger charge is 2.28. The summed E-state index contributed by atoms with van der Waals surface area (Å²) in [5, 5.41) is 8.91. The molecule has 0 aromatic heterocycles. The summed E-state index contributed by atoms with van der Waals surface area (Å²) in [6.45, 7) is 8.92. The molecular formula is C15H29NO2. The lowest BCUT2D eigenvalue weighted by Crippen LogP contribution is -2.44. The molecular weight excluding hydrogens is 226 g/mol. The zero-order valence-corrected chi connectivity index (χ0v) is 12.2. The summed E-state index contributed by atoms with van der Waals surface area (Å²) >= 11 is 0. The predicted molar refractivity (Wildman–Crippen MR) is 74.7 cm³/mol. The highest BCUT2D eigenvalue weighted by Crippen LogP contribution is 2.28. The van der Waals surface area contributed by atoms with Gasteiger partial charge in [-0.15, -0.1) is 0 Å². The number of carbonyl (C=O) groups is 1. The van der Waals surface area contributed by atoms with Crippen LogP contribution in [-0.4, -0.2) is 35.1 Å². The first-order chi connectivity index (χ1) is 8.58. The summed E-state index contributed by atoms with van der Waals surface area (Å²) < 4.78 is 0. The Morgan fingerprint density at radius 1 is 1.44 bits per heavy atom. The Labute approximate surface area is 112 Å². The van der Waals surface area contributed by atoms with Crippen molar-refractivity contribution in [3.8, 4) is 0 Å². The van der Waals surface area contributed by atoms with Crippen LogP contribution in [0.2, 0.25) is 0 Å². The summed E-state index contributed by atoms with van der Waals surface area (Å²) in [6, 6.07) is 0.704. The van der Waals surface area contributed by atoms with E-state index in [1.54, 1.807) is 0 Å². The molecule has 0 bridgehead atoms. The predicted octanol–water partition coefficient (Wildman–Crippen LogP) is 3.39. The molecule has 0 spiro atoms. The quantitative estimate of drug-likeness (QED) is 0.758. The molecule has 1 saturated heterocycles. The second-order valence-electron chi connectivity index (χ2n) is 5.82. The van der Waals surface area contributed by atoms with E-state index in [2.05, 4.69) is 25.7 Å². The molecule has 1 heterocycles. The minimum atomic E-state index is -0.653. The van der Waals surface area contributed by atoms with Crippen molar-refractivity contribution in [2.75, 3.05) is 13.1 Å². The van der Waals surface area contributed by atoms with Crippen molar-refractivity contribution in [2.45, 2.75) is 65.3 Å². The number of carboxylic acid groups (broad SMARTS) is 1. The van der Waals surface area contributed by atoms with Gasteiger partial charge in [0, 0.05) is 19.0 Å². The van der Waals surface area contributed by atoms with Crippen molar-refractivity contribution >= 4 is 5.97 Å². The number of piperidine rings is 1. The standard InChI is InChI=1S/C15H29NO2/c1-4-7-14(5-2)16-9-6-8-13(11-16)12(3)10-15(17)18/h12-14H,4-11H2,1-3H3,(H,17,18). The number of likely N-dealkylation sites (tertiary alicyclic amines) is 1. The molecule has 0 aliphatic carbocycles. The van der Waals surface area contributed by atoms with Gasteiger partial charge < -0.3 is 10.0 Å². The Morgan fingerprint density at radius 3 is 2.72 bits per heavy atom. The first kappa shape index (κ1) is 15.5. The molecule has 1 aliphatic rings. The van der Waals surface area contributed by atoms with Crippen molar-refractivity contribution < 1.29 is 9.90 Å². The fraction of sp³-hybridized carbons (Fsp3) is 0.933. The zero-order chi connectivity index (χ0) is 13.5. The van der Waals surface area contributed by atoms with E-state index in [0.717, 1.165) is 6.54 Å². The molecule has 0 aromatic rings. The molecule has 3 atom stereocenters. The smallest absolute Gasteiger partial charge is 0.303 e. The van der Waals surface area contributed by atoms with Gasteiger partial charge in [-0.1, -0.05) is 27.2 Å². The Hall–Kier alpha value is -0.570. The van der Waals surface area contributed by atoms with Crippen LogP contribution >= 0.6 is 0 Å². The Bertz CT molecular complexity index is 255.